The van der Waals surface area contributed by atoms with Crippen LogP contribution in [0.5, 0.6) is 0 Å². The number of nitrogens with two attached hydrogens (primary N) is 1. The Kier molecular flexibility index (Phi) is 4.56. The quantitative estimate of drug-likeness (QED) is 0.311. The summed E-state index contributed by atoms with van der Waals surface area (Å²) in [7, 11) is 0. The fourth-order valence-corrected chi connectivity index (χ4v) is 1.44. The summed E-state index contributed by atoms with van der Waals surface area (Å²) in [5.74, 6) is 0.493. The molecule has 1 rings (SSSR count). The Morgan fingerprint density at radius 3 is 2.82 bits per heavy atom. The zero-order valence-electron chi connectivity index (χ0n) is 9.93. The van der Waals surface area contributed by atoms with E-state index in [-0.39, 0.29) is 17.5 Å². The summed E-state index contributed by atoms with van der Waals surface area (Å²) in [6, 6.07) is 2.80. The summed E-state index contributed by atoms with van der Waals surface area (Å²) in [5, 5.41) is 14.2. The van der Waals surface area contributed by atoms with Crippen LogP contribution in [0.2, 0.25) is 0 Å². The molecule has 0 saturated heterocycles. The van der Waals surface area contributed by atoms with Crippen molar-refractivity contribution in [1.29, 1.82) is 0 Å². The van der Waals surface area contributed by atoms with Crippen molar-refractivity contribution in [2.45, 2.75) is 32.7 Å². The van der Waals surface area contributed by atoms with Crippen LogP contribution in [0, 0.1) is 6.92 Å². The molecule has 0 bridgehead atoms. The first-order chi connectivity index (χ1) is 8.08. The average Bonchev–Trinajstić information content (AvgIpc) is 2.74. The van der Waals surface area contributed by atoms with Gasteiger partial charge in [0.1, 0.15) is 5.76 Å². The Labute approximate surface area is 99.5 Å². The third kappa shape index (κ3) is 3.51. The standard InChI is InChI=1S/C11H17N3O3/c1-3-4-8(10(12)14-16)13-11(15)9-6-5-7(2)17-9/h5-6,8,16H,3-4H2,1-2H3,(H2,12,14)(H,13,15). The van der Waals surface area contributed by atoms with Crippen molar-refractivity contribution in [1.82, 2.24) is 5.32 Å². The summed E-state index contributed by atoms with van der Waals surface area (Å²) in [5.41, 5.74) is 5.49. The van der Waals surface area contributed by atoms with Crippen LogP contribution < -0.4 is 11.1 Å². The van der Waals surface area contributed by atoms with Crippen molar-refractivity contribution in [3.63, 3.8) is 0 Å². The molecule has 0 aliphatic carbocycles. The minimum Gasteiger partial charge on any atom is -0.456 e. The van der Waals surface area contributed by atoms with Crippen molar-refractivity contribution in [3.8, 4) is 0 Å². The van der Waals surface area contributed by atoms with Crippen molar-refractivity contribution in [2.75, 3.05) is 0 Å². The van der Waals surface area contributed by atoms with Gasteiger partial charge < -0.3 is 20.7 Å². The molecule has 4 N–H and O–H groups in total. The molecule has 6 nitrogen and oxygen atoms in total. The maximum Gasteiger partial charge on any atom is 0.287 e. The van der Waals surface area contributed by atoms with E-state index >= 15 is 0 Å². The van der Waals surface area contributed by atoms with E-state index in [0.717, 1.165) is 6.42 Å². The van der Waals surface area contributed by atoms with Crippen molar-refractivity contribution in [3.05, 3.63) is 23.7 Å². The molecule has 1 aromatic rings. The molecule has 1 unspecified atom stereocenters. The first-order valence-corrected chi connectivity index (χ1v) is 5.43. The number of hydrogen-bond donors (Lipinski definition) is 3. The predicted octanol–water partition coefficient (Wildman–Crippen LogP) is 1.23. The topological polar surface area (TPSA) is 101 Å². The van der Waals surface area contributed by atoms with Gasteiger partial charge in [0.05, 0.1) is 6.04 Å². The molecule has 17 heavy (non-hydrogen) atoms. The number of hydrogen-bond acceptors (Lipinski definition) is 4. The highest BCUT2D eigenvalue weighted by atomic mass is 16.4. The van der Waals surface area contributed by atoms with E-state index in [1.807, 2.05) is 6.92 Å². The molecule has 6 heteroatoms. The van der Waals surface area contributed by atoms with E-state index in [9.17, 15) is 4.79 Å². The Hall–Kier alpha value is -1.98. The van der Waals surface area contributed by atoms with Crippen LogP contribution in [0.1, 0.15) is 36.1 Å². The summed E-state index contributed by atoms with van der Waals surface area (Å²) < 4.78 is 5.18. The Morgan fingerprint density at radius 1 is 1.65 bits per heavy atom. The maximum atomic E-state index is 11.8. The van der Waals surface area contributed by atoms with Gasteiger partial charge in [-0.3, -0.25) is 4.79 Å². The number of nitrogens with one attached hydrogen (secondary N) is 1. The molecule has 0 aliphatic rings. The number of oxime groups is 1. The molecule has 0 saturated carbocycles. The Bertz CT molecular complexity index is 412. The second kappa shape index (κ2) is 5.93. The Balaban J connectivity index is 2.70. The van der Waals surface area contributed by atoms with Gasteiger partial charge in [0, 0.05) is 0 Å². The summed E-state index contributed by atoms with van der Waals surface area (Å²) in [6.45, 7) is 3.70. The minimum atomic E-state index is -0.483. The lowest BCUT2D eigenvalue weighted by Crippen LogP contribution is -2.44. The molecule has 1 amide bonds. The summed E-state index contributed by atoms with van der Waals surface area (Å²) in [4.78, 5) is 11.8. The maximum absolute atomic E-state index is 11.8. The summed E-state index contributed by atoms with van der Waals surface area (Å²) in [6.07, 6.45) is 1.40. The molecule has 94 valence electrons. The number of carbonyl (C=O) groups is 1. The van der Waals surface area contributed by atoms with Crippen LogP contribution in [0.25, 0.3) is 0 Å². The molecule has 0 aromatic carbocycles. The molecule has 0 radical (unpaired) electrons. The third-order valence-corrected chi connectivity index (χ3v) is 2.32. The highest BCUT2D eigenvalue weighted by Gasteiger charge is 2.18. The minimum absolute atomic E-state index is 0.0107. The smallest absolute Gasteiger partial charge is 0.287 e. The number of aryl methyl sites for hydroxylation is 1. The molecule has 1 aromatic heterocycles. The summed E-state index contributed by atoms with van der Waals surface area (Å²) >= 11 is 0. The van der Waals surface area contributed by atoms with Gasteiger partial charge in [0.25, 0.3) is 5.91 Å². The molecule has 0 aliphatic heterocycles. The first-order valence-electron chi connectivity index (χ1n) is 5.43. The predicted molar refractivity (Wildman–Crippen MR) is 63.0 cm³/mol. The van der Waals surface area contributed by atoms with E-state index in [2.05, 4.69) is 10.5 Å². The highest BCUT2D eigenvalue weighted by Crippen LogP contribution is 2.07. The van der Waals surface area contributed by atoms with E-state index < -0.39 is 6.04 Å². The van der Waals surface area contributed by atoms with Crippen LogP contribution in [0.15, 0.2) is 21.7 Å². The first kappa shape index (κ1) is 13.1. The Morgan fingerprint density at radius 2 is 2.35 bits per heavy atom. The number of carbonyl (C=O) groups excluding carboxylic acids is 1. The van der Waals surface area contributed by atoms with Crippen LogP contribution in [-0.2, 0) is 0 Å². The van der Waals surface area contributed by atoms with Crippen molar-refractivity contribution < 1.29 is 14.4 Å². The highest BCUT2D eigenvalue weighted by molar-refractivity contribution is 5.96. The average molecular weight is 239 g/mol. The normalized spacial score (nSPS) is 13.4. The van der Waals surface area contributed by atoms with E-state index in [4.69, 9.17) is 15.4 Å². The fraction of sp³-hybridized carbons (Fsp3) is 0.455. The molecule has 0 fully saturated rings. The number of amidine groups is 1. The molecule has 1 heterocycles. The second-order valence-electron chi connectivity index (χ2n) is 3.75. The lowest BCUT2D eigenvalue weighted by molar-refractivity contribution is 0.0915. The number of amides is 1. The van der Waals surface area contributed by atoms with Crippen LogP contribution in [0.3, 0.4) is 0 Å². The number of nitrogens with zero attached hydrogens (tertiary/aromatic N) is 1. The van der Waals surface area contributed by atoms with Gasteiger partial charge in [0.2, 0.25) is 0 Å². The van der Waals surface area contributed by atoms with Gasteiger partial charge in [-0.1, -0.05) is 18.5 Å². The largest absolute Gasteiger partial charge is 0.456 e. The SMILES string of the molecule is CCCC(NC(=O)c1ccc(C)o1)/C(N)=N/O. The third-order valence-electron chi connectivity index (χ3n) is 2.32. The zero-order chi connectivity index (χ0) is 12.8. The van der Waals surface area contributed by atoms with Crippen LogP contribution >= 0.6 is 0 Å². The lowest BCUT2D eigenvalue weighted by Gasteiger charge is -2.15. The van der Waals surface area contributed by atoms with Gasteiger partial charge in [-0.25, -0.2) is 0 Å². The molecular formula is C11H17N3O3. The van der Waals surface area contributed by atoms with Crippen LogP contribution in [-0.4, -0.2) is 23.0 Å². The van der Waals surface area contributed by atoms with Crippen LogP contribution in [0.4, 0.5) is 0 Å². The molecule has 0 spiro atoms. The molecular weight excluding hydrogens is 222 g/mol. The van der Waals surface area contributed by atoms with E-state index in [0.29, 0.717) is 12.2 Å². The van der Waals surface area contributed by atoms with Gasteiger partial charge in [-0.15, -0.1) is 0 Å². The number of rotatable bonds is 5. The monoisotopic (exact) mass is 239 g/mol. The fourth-order valence-electron chi connectivity index (χ4n) is 1.44. The molecule has 1 atom stereocenters. The zero-order valence-corrected chi connectivity index (χ0v) is 9.93. The lowest BCUT2D eigenvalue weighted by atomic mass is 10.1. The van der Waals surface area contributed by atoms with E-state index in [1.54, 1.807) is 19.1 Å². The van der Waals surface area contributed by atoms with Gasteiger partial charge in [0.15, 0.2) is 11.6 Å². The van der Waals surface area contributed by atoms with Gasteiger partial charge in [-0.2, -0.15) is 0 Å². The van der Waals surface area contributed by atoms with Crippen molar-refractivity contribution >= 4 is 11.7 Å². The van der Waals surface area contributed by atoms with E-state index in [1.165, 1.54) is 0 Å². The number of furan rings is 1. The van der Waals surface area contributed by atoms with Gasteiger partial charge in [-0.05, 0) is 25.5 Å². The van der Waals surface area contributed by atoms with Crippen molar-refractivity contribution in [2.24, 2.45) is 10.9 Å². The second-order valence-corrected chi connectivity index (χ2v) is 3.75. The van der Waals surface area contributed by atoms with Gasteiger partial charge >= 0.3 is 0 Å².